The maximum absolute atomic E-state index is 11.9. The minimum atomic E-state index is -0.336. The number of amides is 1. The van der Waals surface area contributed by atoms with E-state index < -0.39 is 0 Å². The van der Waals surface area contributed by atoms with Crippen molar-refractivity contribution in [2.24, 2.45) is 0 Å². The van der Waals surface area contributed by atoms with Crippen molar-refractivity contribution in [1.29, 1.82) is 0 Å². The van der Waals surface area contributed by atoms with Crippen molar-refractivity contribution in [3.05, 3.63) is 30.1 Å². The highest BCUT2D eigenvalue weighted by atomic mass is 16.5. The third-order valence-electron chi connectivity index (χ3n) is 5.86. The van der Waals surface area contributed by atoms with Gasteiger partial charge in [-0.1, -0.05) is 12.1 Å². The summed E-state index contributed by atoms with van der Waals surface area (Å²) < 4.78 is 12.1. The molecule has 0 aliphatic carbocycles. The maximum atomic E-state index is 11.9. The topological polar surface area (TPSA) is 122 Å². The smallest absolute Gasteiger partial charge is 0.409 e. The molecule has 174 valence electrons. The van der Waals surface area contributed by atoms with Gasteiger partial charge in [-0.2, -0.15) is 15.0 Å². The molecule has 12 nitrogen and oxygen atoms in total. The number of piperazine rings is 1. The van der Waals surface area contributed by atoms with Gasteiger partial charge in [0, 0.05) is 39.3 Å². The summed E-state index contributed by atoms with van der Waals surface area (Å²) in [7, 11) is 1.38. The molecule has 2 aliphatic heterocycles. The lowest BCUT2D eigenvalue weighted by molar-refractivity contribution is 0.121. The Kier molecular flexibility index (Phi) is 5.92. The first-order valence-corrected chi connectivity index (χ1v) is 10.9. The van der Waals surface area contributed by atoms with Crippen LogP contribution in [0.4, 0.5) is 16.7 Å². The zero-order chi connectivity index (χ0) is 22.8. The monoisotopic (exact) mass is 454 g/mol. The van der Waals surface area contributed by atoms with Crippen LogP contribution in [0.5, 0.6) is 0 Å². The number of carbonyl (C=O) groups excluding carboxylic acids is 1. The van der Waals surface area contributed by atoms with E-state index in [9.17, 15) is 9.90 Å². The molecule has 0 saturated carbocycles. The van der Waals surface area contributed by atoms with Gasteiger partial charge in [-0.3, -0.25) is 4.57 Å². The van der Waals surface area contributed by atoms with E-state index in [0.29, 0.717) is 76.2 Å². The van der Waals surface area contributed by atoms with Crippen molar-refractivity contribution >= 4 is 29.0 Å². The SMILES string of the molecule is COC(=O)N1CCN(c2nc(N3CCOCC3)nc(-n3c(CO)nc4ccccc43)n2)CC1. The first-order valence-electron chi connectivity index (χ1n) is 10.9. The molecule has 2 aliphatic rings. The molecular weight excluding hydrogens is 428 g/mol. The number of fused-ring (bicyclic) bond motifs is 1. The van der Waals surface area contributed by atoms with Crippen LogP contribution in [0.1, 0.15) is 5.82 Å². The third kappa shape index (κ3) is 4.14. The number of benzene rings is 1. The van der Waals surface area contributed by atoms with E-state index in [4.69, 9.17) is 24.4 Å². The second-order valence-electron chi connectivity index (χ2n) is 7.79. The molecule has 0 unspecified atom stereocenters. The fourth-order valence-corrected chi connectivity index (χ4v) is 4.11. The van der Waals surface area contributed by atoms with Crippen LogP contribution in [0.25, 0.3) is 17.0 Å². The van der Waals surface area contributed by atoms with Crippen molar-refractivity contribution in [1.82, 2.24) is 29.4 Å². The van der Waals surface area contributed by atoms with Gasteiger partial charge >= 0.3 is 6.09 Å². The van der Waals surface area contributed by atoms with Crippen LogP contribution in [0.15, 0.2) is 24.3 Å². The second-order valence-corrected chi connectivity index (χ2v) is 7.79. The number of para-hydroxylation sites is 2. The summed E-state index contributed by atoms with van der Waals surface area (Å²) in [4.78, 5) is 36.5. The van der Waals surface area contributed by atoms with E-state index in [0.717, 1.165) is 11.0 Å². The van der Waals surface area contributed by atoms with Gasteiger partial charge in [0.2, 0.25) is 17.8 Å². The number of aromatic nitrogens is 5. The highest BCUT2D eigenvalue weighted by Gasteiger charge is 2.26. The Morgan fingerprint density at radius 1 is 0.939 bits per heavy atom. The average molecular weight is 454 g/mol. The number of anilines is 2. The van der Waals surface area contributed by atoms with Gasteiger partial charge in [-0.25, -0.2) is 9.78 Å². The minimum Gasteiger partial charge on any atom is -0.453 e. The summed E-state index contributed by atoms with van der Waals surface area (Å²) in [5.74, 6) is 1.93. The molecule has 4 heterocycles. The largest absolute Gasteiger partial charge is 0.453 e. The van der Waals surface area contributed by atoms with Gasteiger partial charge < -0.3 is 29.3 Å². The van der Waals surface area contributed by atoms with Crippen LogP contribution in [0, 0.1) is 0 Å². The normalized spacial score (nSPS) is 17.0. The zero-order valence-electron chi connectivity index (χ0n) is 18.4. The van der Waals surface area contributed by atoms with Crippen molar-refractivity contribution in [3.8, 4) is 5.95 Å². The van der Waals surface area contributed by atoms with E-state index in [-0.39, 0.29) is 12.7 Å². The standard InChI is InChI=1S/C21H26N8O4/c1-32-21(31)28-8-6-26(7-9-28)18-23-19(27-10-12-33-13-11-27)25-20(24-18)29-16-5-3-2-4-15(16)22-17(29)14-30/h2-5,30H,6-14H2,1H3. The molecule has 0 bridgehead atoms. The predicted octanol–water partition coefficient (Wildman–Crippen LogP) is 0.428. The quantitative estimate of drug-likeness (QED) is 0.594. The second kappa shape index (κ2) is 9.16. The van der Waals surface area contributed by atoms with Crippen LogP contribution in [-0.2, 0) is 16.1 Å². The molecule has 0 spiro atoms. The van der Waals surface area contributed by atoms with Crippen molar-refractivity contribution in [2.75, 3.05) is 69.4 Å². The summed E-state index contributed by atoms with van der Waals surface area (Å²) >= 11 is 0. The maximum Gasteiger partial charge on any atom is 0.409 e. The number of hydrogen-bond acceptors (Lipinski definition) is 10. The molecule has 12 heteroatoms. The molecule has 33 heavy (non-hydrogen) atoms. The molecule has 3 aromatic rings. The number of ether oxygens (including phenoxy) is 2. The Balaban J connectivity index is 1.56. The lowest BCUT2D eigenvalue weighted by Crippen LogP contribution is -2.49. The Labute approximate surface area is 190 Å². The van der Waals surface area contributed by atoms with Crippen molar-refractivity contribution in [2.45, 2.75) is 6.61 Å². The Morgan fingerprint density at radius 2 is 1.58 bits per heavy atom. The molecule has 2 fully saturated rings. The highest BCUT2D eigenvalue weighted by Crippen LogP contribution is 2.24. The van der Waals surface area contributed by atoms with Crippen LogP contribution < -0.4 is 9.80 Å². The molecule has 1 aromatic carbocycles. The average Bonchev–Trinajstić information content (AvgIpc) is 3.27. The summed E-state index contributed by atoms with van der Waals surface area (Å²) in [5, 5.41) is 9.98. The van der Waals surface area contributed by atoms with Gasteiger partial charge in [0.05, 0.1) is 31.4 Å². The number of hydrogen-bond donors (Lipinski definition) is 1. The Hall–Kier alpha value is -3.51. The first-order chi connectivity index (χ1) is 16.2. The van der Waals surface area contributed by atoms with E-state index >= 15 is 0 Å². The van der Waals surface area contributed by atoms with Gasteiger partial charge in [0.25, 0.3) is 0 Å². The molecule has 1 amide bonds. The summed E-state index contributed by atoms with van der Waals surface area (Å²) in [6, 6.07) is 7.63. The number of methoxy groups -OCH3 is 1. The third-order valence-corrected chi connectivity index (χ3v) is 5.86. The number of rotatable bonds is 4. The van der Waals surface area contributed by atoms with E-state index in [1.165, 1.54) is 7.11 Å². The summed E-state index contributed by atoms with van der Waals surface area (Å²) in [6.07, 6.45) is -0.336. The van der Waals surface area contributed by atoms with Crippen LogP contribution in [0.2, 0.25) is 0 Å². The molecule has 2 aromatic heterocycles. The van der Waals surface area contributed by atoms with Crippen LogP contribution in [-0.4, -0.2) is 100 Å². The zero-order valence-corrected chi connectivity index (χ0v) is 18.4. The van der Waals surface area contributed by atoms with Gasteiger partial charge in [0.15, 0.2) is 0 Å². The van der Waals surface area contributed by atoms with Gasteiger partial charge in [-0.05, 0) is 12.1 Å². The molecule has 2 saturated heterocycles. The van der Waals surface area contributed by atoms with E-state index in [1.54, 1.807) is 9.47 Å². The molecule has 1 N–H and O–H groups in total. The van der Waals surface area contributed by atoms with Crippen molar-refractivity contribution in [3.63, 3.8) is 0 Å². The molecule has 0 radical (unpaired) electrons. The molecular formula is C21H26N8O4. The lowest BCUT2D eigenvalue weighted by atomic mass is 10.3. The Morgan fingerprint density at radius 3 is 2.24 bits per heavy atom. The number of aliphatic hydroxyl groups is 1. The van der Waals surface area contributed by atoms with Crippen LogP contribution >= 0.6 is 0 Å². The predicted molar refractivity (Wildman–Crippen MR) is 120 cm³/mol. The summed E-state index contributed by atoms with van der Waals surface area (Å²) in [6.45, 7) is 4.46. The molecule has 0 atom stereocenters. The van der Waals surface area contributed by atoms with Gasteiger partial charge in [0.1, 0.15) is 12.4 Å². The number of aliphatic hydroxyl groups excluding tert-OH is 1. The van der Waals surface area contributed by atoms with E-state index in [2.05, 4.69) is 9.88 Å². The van der Waals surface area contributed by atoms with Crippen LogP contribution in [0.3, 0.4) is 0 Å². The fourth-order valence-electron chi connectivity index (χ4n) is 4.11. The molecule has 5 rings (SSSR count). The summed E-state index contributed by atoms with van der Waals surface area (Å²) in [5.41, 5.74) is 1.56. The highest BCUT2D eigenvalue weighted by molar-refractivity contribution is 5.77. The number of carbonyl (C=O) groups is 1. The number of morpholine rings is 1. The first kappa shape index (κ1) is 21.3. The van der Waals surface area contributed by atoms with Gasteiger partial charge in [-0.15, -0.1) is 0 Å². The van der Waals surface area contributed by atoms with Crippen molar-refractivity contribution < 1.29 is 19.4 Å². The minimum absolute atomic E-state index is 0.250. The Bertz CT molecular complexity index is 1140. The van der Waals surface area contributed by atoms with E-state index in [1.807, 2.05) is 29.2 Å². The number of imidazole rings is 1. The fraction of sp³-hybridized carbons (Fsp3) is 0.476. The number of nitrogens with zero attached hydrogens (tertiary/aromatic N) is 8. The lowest BCUT2D eigenvalue weighted by Gasteiger charge is -2.34.